The van der Waals surface area contributed by atoms with Gasteiger partial charge in [-0.05, 0) is 192 Å². The SMILES string of the molecule is Cc1cc2c3c(c1)N(c1ccc(C(C)(C)C)cc1-c1ccc4c(c1)C(C)(C)CCC4(C)C)c1c(sc4c1C(C)(C)CCC4(C)C)B3c1cc3c(cc1N2c1ccc(C(C)(C)C)cc1)C(C)(C)CCC3(C)C. The predicted octanol–water partition coefficient (Wildman–Crippen LogP) is 17.4. The molecule has 0 fully saturated rings. The summed E-state index contributed by atoms with van der Waals surface area (Å²) in [5.41, 5.74) is 25.7. The second-order valence-electron chi connectivity index (χ2n) is 29.1. The van der Waals surface area contributed by atoms with Gasteiger partial charge in [0, 0.05) is 38.0 Å². The van der Waals surface area contributed by atoms with Crippen LogP contribution in [0.2, 0.25) is 0 Å². The maximum absolute atomic E-state index is 2.82. The van der Waals surface area contributed by atoms with E-state index in [1.807, 2.05) is 0 Å². The zero-order chi connectivity index (χ0) is 51.1. The third-order valence-electron chi connectivity index (χ3n) is 18.9. The first-order chi connectivity index (χ1) is 32.8. The number of fused-ring (bicyclic) bond motifs is 8. The monoisotopic (exact) mass is 959 g/mol. The Balaban J connectivity index is 1.28. The minimum absolute atomic E-state index is 0.00944. The van der Waals surface area contributed by atoms with Crippen molar-refractivity contribution in [2.45, 2.75) is 213 Å². The average Bonchev–Trinajstić information content (AvgIpc) is 3.70. The highest BCUT2D eigenvalue weighted by atomic mass is 32.1. The molecule has 1 aromatic heterocycles. The maximum Gasteiger partial charge on any atom is 0.264 e. The smallest absolute Gasteiger partial charge is 0.264 e. The van der Waals surface area contributed by atoms with Gasteiger partial charge in [0.15, 0.2) is 0 Å². The van der Waals surface area contributed by atoms with Crippen molar-refractivity contribution in [1.82, 2.24) is 0 Å². The fourth-order valence-corrected chi connectivity index (χ4v) is 15.5. The van der Waals surface area contributed by atoms with Crippen LogP contribution in [0.5, 0.6) is 0 Å². The Kier molecular flexibility index (Phi) is 10.5. The highest BCUT2D eigenvalue weighted by Crippen LogP contribution is 2.59. The lowest BCUT2D eigenvalue weighted by atomic mass is 9.35. The molecule has 11 rings (SSSR count). The first-order valence-corrected chi connectivity index (χ1v) is 28.2. The van der Waals surface area contributed by atoms with Crippen molar-refractivity contribution in [3.05, 3.63) is 134 Å². The number of rotatable bonds is 3. The van der Waals surface area contributed by atoms with Crippen LogP contribution in [-0.2, 0) is 43.3 Å². The molecule has 2 aliphatic heterocycles. The Morgan fingerprint density at radius 2 is 0.972 bits per heavy atom. The second kappa shape index (κ2) is 15.3. The van der Waals surface area contributed by atoms with Crippen LogP contribution in [0, 0.1) is 6.92 Å². The van der Waals surface area contributed by atoms with Gasteiger partial charge in [-0.2, -0.15) is 11.3 Å². The summed E-state index contributed by atoms with van der Waals surface area (Å²) in [6, 6.07) is 35.3. The van der Waals surface area contributed by atoms with Crippen LogP contribution in [0.25, 0.3) is 11.1 Å². The minimum Gasteiger partial charge on any atom is -0.311 e. The summed E-state index contributed by atoms with van der Waals surface area (Å²) in [5, 5.41) is 0. The van der Waals surface area contributed by atoms with E-state index in [2.05, 4.69) is 238 Å². The number of hydrogen-bond donors (Lipinski definition) is 0. The molecule has 0 N–H and O–H groups in total. The molecule has 6 aromatic rings. The Hall–Kier alpha value is -4.54. The van der Waals surface area contributed by atoms with Gasteiger partial charge in [-0.25, -0.2) is 0 Å². The van der Waals surface area contributed by atoms with Gasteiger partial charge in [0.2, 0.25) is 0 Å². The normalized spacial score (nSPS) is 20.6. The van der Waals surface area contributed by atoms with Crippen LogP contribution in [-0.4, -0.2) is 6.71 Å². The lowest BCUT2D eigenvalue weighted by Gasteiger charge is -2.48. The summed E-state index contributed by atoms with van der Waals surface area (Å²) in [4.78, 5) is 7.09. The molecule has 0 saturated carbocycles. The molecule has 0 atom stereocenters. The highest BCUT2D eigenvalue weighted by molar-refractivity contribution is 7.29. The molecule has 0 spiro atoms. The van der Waals surface area contributed by atoms with Crippen molar-refractivity contribution in [2.75, 3.05) is 9.80 Å². The van der Waals surface area contributed by atoms with Crippen molar-refractivity contribution in [3.8, 4) is 11.1 Å². The number of anilines is 6. The van der Waals surface area contributed by atoms with Crippen molar-refractivity contribution in [1.29, 1.82) is 0 Å². The quantitative estimate of drug-likeness (QED) is 0.163. The number of hydrogen-bond acceptors (Lipinski definition) is 3. The Labute approximate surface area is 434 Å². The van der Waals surface area contributed by atoms with Crippen molar-refractivity contribution >= 4 is 67.9 Å². The topological polar surface area (TPSA) is 6.48 Å². The largest absolute Gasteiger partial charge is 0.311 e. The van der Waals surface area contributed by atoms with E-state index in [1.54, 1.807) is 10.4 Å². The van der Waals surface area contributed by atoms with Gasteiger partial charge in [0.05, 0.1) is 11.4 Å². The molecular weight excluding hydrogens is 876 g/mol. The predicted molar refractivity (Wildman–Crippen MR) is 312 cm³/mol. The standard InChI is InChI=1S/C67H83BN2S/c1-40-34-53-56-54(35-40)70(51-27-23-43(61(5,6)7)37-45(51)41-20-26-46-47(36-41)63(10,11)29-28-62(46,8)9)57-55-58(67(18,19)33-32-66(55,16)17)71-59(57)68(56)50-38-48-49(65(14,15)31-30-64(48,12)13)39-52(50)69(53)44-24-21-42(22-25-44)60(2,3)4/h20-27,34-39H,28-33H2,1-19H3. The van der Waals surface area contributed by atoms with Gasteiger partial charge < -0.3 is 9.80 Å². The Bertz CT molecular complexity index is 3190. The van der Waals surface area contributed by atoms with Gasteiger partial charge in [-0.15, -0.1) is 0 Å². The summed E-state index contributed by atoms with van der Waals surface area (Å²) in [6.45, 7) is 46.6. The highest BCUT2D eigenvalue weighted by Gasteiger charge is 2.52. The summed E-state index contributed by atoms with van der Waals surface area (Å²) >= 11 is 2.16. The van der Waals surface area contributed by atoms with E-state index in [9.17, 15) is 0 Å². The fraction of sp³-hybridized carbons (Fsp3) is 0.493. The molecule has 0 unspecified atom stereocenters. The number of benzene rings is 5. The van der Waals surface area contributed by atoms with Gasteiger partial charge in [-0.3, -0.25) is 0 Å². The van der Waals surface area contributed by atoms with E-state index in [0.29, 0.717) is 0 Å². The zero-order valence-electron chi connectivity index (χ0n) is 47.2. The molecule has 0 saturated heterocycles. The Morgan fingerprint density at radius 3 is 1.56 bits per heavy atom. The van der Waals surface area contributed by atoms with Crippen LogP contribution in [0.4, 0.5) is 34.1 Å². The van der Waals surface area contributed by atoms with Crippen molar-refractivity contribution in [2.24, 2.45) is 0 Å². The Morgan fingerprint density at radius 1 is 0.465 bits per heavy atom. The maximum atomic E-state index is 2.82. The average molecular weight is 959 g/mol. The lowest BCUT2D eigenvalue weighted by molar-refractivity contribution is 0.332. The third-order valence-corrected chi connectivity index (χ3v) is 20.5. The molecule has 2 nitrogen and oxygen atoms in total. The van der Waals surface area contributed by atoms with Crippen LogP contribution in [0.3, 0.4) is 0 Å². The molecule has 5 aliphatic rings. The second-order valence-corrected chi connectivity index (χ2v) is 30.2. The molecule has 0 bridgehead atoms. The summed E-state index contributed by atoms with van der Waals surface area (Å²) in [6.07, 6.45) is 7.13. The van der Waals surface area contributed by atoms with Gasteiger partial charge in [0.25, 0.3) is 6.71 Å². The van der Waals surface area contributed by atoms with E-state index < -0.39 is 0 Å². The summed E-state index contributed by atoms with van der Waals surface area (Å²) in [7, 11) is 0. The summed E-state index contributed by atoms with van der Waals surface area (Å²) in [5.74, 6) is 0. The van der Waals surface area contributed by atoms with E-state index in [0.717, 1.165) is 6.42 Å². The molecule has 4 heteroatoms. The number of aryl methyl sites for hydroxylation is 1. The van der Waals surface area contributed by atoms with Gasteiger partial charge >= 0.3 is 0 Å². The number of nitrogens with zero attached hydrogens (tertiary/aromatic N) is 2. The van der Waals surface area contributed by atoms with Gasteiger partial charge in [-0.1, -0.05) is 167 Å². The van der Waals surface area contributed by atoms with Crippen LogP contribution in [0.1, 0.15) is 213 Å². The van der Waals surface area contributed by atoms with Crippen LogP contribution >= 0.6 is 11.3 Å². The number of thiophene rings is 1. The first kappa shape index (κ1) is 48.7. The third kappa shape index (κ3) is 7.42. The van der Waals surface area contributed by atoms with E-state index in [1.165, 1.54) is 132 Å². The van der Waals surface area contributed by atoms with E-state index >= 15 is 0 Å². The molecule has 0 amide bonds. The first-order valence-electron chi connectivity index (χ1n) is 27.3. The molecule has 71 heavy (non-hydrogen) atoms. The molecule has 5 aromatic carbocycles. The molecule has 3 heterocycles. The molecule has 3 aliphatic carbocycles. The fourth-order valence-electron chi connectivity index (χ4n) is 13.8. The lowest BCUT2D eigenvalue weighted by Crippen LogP contribution is -2.61. The van der Waals surface area contributed by atoms with Crippen LogP contribution in [0.15, 0.2) is 84.9 Å². The molecular formula is C67H83BN2S. The molecule has 0 radical (unpaired) electrons. The van der Waals surface area contributed by atoms with E-state index in [4.69, 9.17) is 0 Å². The van der Waals surface area contributed by atoms with Crippen molar-refractivity contribution in [3.63, 3.8) is 0 Å². The minimum atomic E-state index is -0.0226. The van der Waals surface area contributed by atoms with E-state index in [-0.39, 0.29) is 50.0 Å². The van der Waals surface area contributed by atoms with Crippen molar-refractivity contribution < 1.29 is 0 Å². The van der Waals surface area contributed by atoms with Gasteiger partial charge in [0.1, 0.15) is 0 Å². The molecule has 370 valence electrons. The van der Waals surface area contributed by atoms with Crippen LogP contribution < -0.4 is 25.5 Å². The summed E-state index contributed by atoms with van der Waals surface area (Å²) < 4.78 is 1.52. The zero-order valence-corrected chi connectivity index (χ0v) is 48.0.